The van der Waals surface area contributed by atoms with Crippen LogP contribution in [0.5, 0.6) is 0 Å². The minimum Gasteiger partial charge on any atom is -0.379 e. The molecule has 0 aromatic carbocycles. The van der Waals surface area contributed by atoms with Crippen molar-refractivity contribution in [1.82, 2.24) is 0 Å². The zero-order valence-electron chi connectivity index (χ0n) is 16.6. The maximum absolute atomic E-state index is 8.27. The highest BCUT2D eigenvalue weighted by molar-refractivity contribution is 7.46. The Morgan fingerprint density at radius 1 is 0.654 bits per heavy atom. The fraction of sp³-hybridized carbons (Fsp3) is 0.882. The fourth-order valence-electron chi connectivity index (χ4n) is 1.32. The lowest BCUT2D eigenvalue weighted by Gasteiger charge is -2.11. The Kier molecular flexibility index (Phi) is 26.4. The van der Waals surface area contributed by atoms with E-state index in [0.29, 0.717) is 39.3 Å². The maximum atomic E-state index is 8.27. The van der Waals surface area contributed by atoms with Crippen molar-refractivity contribution in [3.8, 4) is 12.1 Å². The molecule has 0 spiro atoms. The van der Waals surface area contributed by atoms with Crippen molar-refractivity contribution in [2.24, 2.45) is 0 Å². The van der Waals surface area contributed by atoms with E-state index in [1.807, 2.05) is 25.5 Å². The van der Waals surface area contributed by atoms with Crippen LogP contribution < -0.4 is 0 Å². The van der Waals surface area contributed by atoms with E-state index in [-0.39, 0.29) is 0 Å². The quantitative estimate of drug-likeness (QED) is 0.263. The highest BCUT2D eigenvalue weighted by Crippen LogP contribution is 2.33. The third-order valence-electron chi connectivity index (χ3n) is 2.59. The van der Waals surface area contributed by atoms with Gasteiger partial charge in [-0.1, -0.05) is 20.3 Å². The molecule has 0 aromatic heterocycles. The molecule has 0 bridgehead atoms. The zero-order valence-corrected chi connectivity index (χ0v) is 18.4. The first-order valence-corrected chi connectivity index (χ1v) is 12.2. The van der Waals surface area contributed by atoms with Crippen molar-refractivity contribution in [2.75, 3.05) is 53.0 Å². The van der Waals surface area contributed by atoms with Crippen molar-refractivity contribution in [3.63, 3.8) is 0 Å². The molecule has 0 radical (unpaired) electrons. The van der Waals surface area contributed by atoms with Gasteiger partial charge in [-0.15, -0.1) is 0 Å². The number of rotatable bonds is 16. The van der Waals surface area contributed by atoms with Gasteiger partial charge in [-0.3, -0.25) is 0 Å². The van der Waals surface area contributed by atoms with E-state index in [9.17, 15) is 0 Å². The summed E-state index contributed by atoms with van der Waals surface area (Å²) in [6, 6.07) is 4.03. The third-order valence-corrected chi connectivity index (χ3v) is 4.78. The van der Waals surface area contributed by atoms with Gasteiger partial charge in [-0.25, -0.2) is 0 Å². The zero-order chi connectivity index (χ0) is 19.9. The van der Waals surface area contributed by atoms with Crippen LogP contribution >= 0.6 is 16.8 Å². The predicted molar refractivity (Wildman–Crippen MR) is 106 cm³/mol. The van der Waals surface area contributed by atoms with Gasteiger partial charge in [0.25, 0.3) is 0 Å². The third kappa shape index (κ3) is 25.9. The molecule has 2 unspecified atom stereocenters. The average Bonchev–Trinajstić information content (AvgIpc) is 2.63. The van der Waals surface area contributed by atoms with Crippen LogP contribution in [0.15, 0.2) is 0 Å². The van der Waals surface area contributed by atoms with Gasteiger partial charge in [0, 0.05) is 19.9 Å². The van der Waals surface area contributed by atoms with Crippen LogP contribution in [0, 0.1) is 22.7 Å². The highest BCUT2D eigenvalue weighted by atomic mass is 31.2. The molecular formula is C17H34N2O5P2. The molecule has 0 rings (SSSR count). The summed E-state index contributed by atoms with van der Waals surface area (Å²) in [6.45, 7) is 11.7. The fourth-order valence-corrected chi connectivity index (χ4v) is 2.89. The summed E-state index contributed by atoms with van der Waals surface area (Å²) in [4.78, 5) is 0. The first-order chi connectivity index (χ1) is 12.6. The number of nitriles is 2. The van der Waals surface area contributed by atoms with E-state index in [1.165, 1.54) is 0 Å². The molecule has 152 valence electrons. The number of ether oxygens (including phenoxy) is 1. The van der Waals surface area contributed by atoms with Gasteiger partial charge in [-0.05, 0) is 12.8 Å². The number of nitrogens with zero attached hydrogens (tertiary/aromatic N) is 2. The highest BCUT2D eigenvalue weighted by Gasteiger charge is 2.02. The Morgan fingerprint density at radius 3 is 1.62 bits per heavy atom. The van der Waals surface area contributed by atoms with Crippen molar-refractivity contribution in [2.45, 2.75) is 46.0 Å². The Bertz CT molecular complexity index is 364. The Balaban J connectivity index is 0. The molecule has 0 amide bonds. The second kappa shape index (κ2) is 24.6. The summed E-state index contributed by atoms with van der Waals surface area (Å²) in [5.41, 5.74) is 0. The van der Waals surface area contributed by atoms with Crippen molar-refractivity contribution < 1.29 is 22.8 Å². The van der Waals surface area contributed by atoms with Crippen molar-refractivity contribution in [1.29, 1.82) is 10.5 Å². The van der Waals surface area contributed by atoms with Crippen molar-refractivity contribution >= 4 is 16.8 Å². The number of hydrogen-bond acceptors (Lipinski definition) is 7. The lowest BCUT2D eigenvalue weighted by molar-refractivity contribution is 0.0987. The molecule has 0 saturated carbocycles. The van der Waals surface area contributed by atoms with E-state index in [1.54, 1.807) is 0 Å². The Hall–Kier alpha value is -0.360. The molecule has 0 aliphatic carbocycles. The Morgan fingerprint density at radius 2 is 1.15 bits per heavy atom. The van der Waals surface area contributed by atoms with Gasteiger partial charge in [0.05, 0.1) is 58.0 Å². The van der Waals surface area contributed by atoms with Gasteiger partial charge in [0.2, 0.25) is 0 Å². The summed E-state index contributed by atoms with van der Waals surface area (Å²) in [5, 5.41) is 16.5. The largest absolute Gasteiger partial charge is 0.379 e. The number of unbranched alkanes of at least 4 members (excludes halogenated alkanes) is 1. The molecule has 26 heavy (non-hydrogen) atoms. The first-order valence-electron chi connectivity index (χ1n) is 8.93. The standard InChI is InChI=1S/C9H18NO3P.C8H16NO2P/c1-3-6-11-8-9-13-14(2)12-7-4-5-10;1-3-4-7-10-12(2)11-8-5-6-9/h3-4,6-9H2,1-2H3;3-5,7-8H2,1-2H3. The minimum absolute atomic E-state index is 0.419. The monoisotopic (exact) mass is 408 g/mol. The van der Waals surface area contributed by atoms with Crippen molar-refractivity contribution in [3.05, 3.63) is 0 Å². The maximum Gasteiger partial charge on any atom is 0.167 e. The summed E-state index contributed by atoms with van der Waals surface area (Å²) >= 11 is 0. The molecule has 0 saturated heterocycles. The molecular weight excluding hydrogens is 374 g/mol. The molecule has 0 aliphatic heterocycles. The van der Waals surface area contributed by atoms with Crippen LogP contribution in [-0.4, -0.2) is 53.0 Å². The van der Waals surface area contributed by atoms with Gasteiger partial charge < -0.3 is 22.8 Å². The van der Waals surface area contributed by atoms with Gasteiger partial charge in [0.15, 0.2) is 16.8 Å². The summed E-state index contributed by atoms with van der Waals surface area (Å²) < 4.78 is 26.4. The van der Waals surface area contributed by atoms with E-state index in [2.05, 4.69) is 13.8 Å². The van der Waals surface area contributed by atoms with Crippen LogP contribution in [0.3, 0.4) is 0 Å². The van der Waals surface area contributed by atoms with E-state index < -0.39 is 16.8 Å². The molecule has 0 aromatic rings. The van der Waals surface area contributed by atoms with Gasteiger partial charge >= 0.3 is 0 Å². The van der Waals surface area contributed by atoms with E-state index >= 15 is 0 Å². The normalized spacial score (nSPS) is 12.4. The van der Waals surface area contributed by atoms with Gasteiger partial charge in [-0.2, -0.15) is 10.5 Å². The first kappa shape index (κ1) is 27.9. The lowest BCUT2D eigenvalue weighted by Crippen LogP contribution is -2.03. The summed E-state index contributed by atoms with van der Waals surface area (Å²) in [5.74, 6) is 0. The molecule has 0 aliphatic rings. The van der Waals surface area contributed by atoms with Crippen LogP contribution in [0.25, 0.3) is 0 Å². The Labute approximate surface area is 161 Å². The predicted octanol–water partition coefficient (Wildman–Crippen LogP) is 4.98. The molecule has 0 fully saturated rings. The minimum atomic E-state index is -0.844. The molecule has 2 atom stereocenters. The van der Waals surface area contributed by atoms with Crippen LogP contribution in [0.4, 0.5) is 0 Å². The van der Waals surface area contributed by atoms with Crippen LogP contribution in [0.2, 0.25) is 0 Å². The topological polar surface area (TPSA) is 93.7 Å². The van der Waals surface area contributed by atoms with E-state index in [0.717, 1.165) is 32.5 Å². The summed E-state index contributed by atoms with van der Waals surface area (Å²) in [7, 11) is -1.60. The molecule has 0 heterocycles. The second-order valence-electron chi connectivity index (χ2n) is 4.99. The van der Waals surface area contributed by atoms with Crippen LogP contribution in [-0.2, 0) is 22.8 Å². The van der Waals surface area contributed by atoms with Crippen LogP contribution in [0.1, 0.15) is 46.0 Å². The van der Waals surface area contributed by atoms with E-state index in [4.69, 9.17) is 33.4 Å². The smallest absolute Gasteiger partial charge is 0.167 e. The molecule has 9 heteroatoms. The average molecular weight is 408 g/mol. The molecule has 0 N–H and O–H groups in total. The molecule has 7 nitrogen and oxygen atoms in total. The van der Waals surface area contributed by atoms with Gasteiger partial charge in [0.1, 0.15) is 0 Å². The lowest BCUT2D eigenvalue weighted by atomic mass is 10.4. The second-order valence-corrected chi connectivity index (χ2v) is 7.79. The number of hydrogen-bond donors (Lipinski definition) is 0. The SMILES string of the molecule is CCCCOP(C)OCCC#N.CCCOCCOP(C)OCCC#N. The summed E-state index contributed by atoms with van der Waals surface area (Å²) in [6.07, 6.45) is 4.11.